The van der Waals surface area contributed by atoms with Crippen LogP contribution in [-0.2, 0) is 4.79 Å². The van der Waals surface area contributed by atoms with Gasteiger partial charge in [0.1, 0.15) is 18.1 Å². The van der Waals surface area contributed by atoms with Crippen LogP contribution in [0.5, 0.6) is 11.5 Å². The largest absolute Gasteiger partial charge is 0.493 e. The van der Waals surface area contributed by atoms with E-state index in [-0.39, 0.29) is 18.4 Å². The Kier molecular flexibility index (Phi) is 5.08. The summed E-state index contributed by atoms with van der Waals surface area (Å²) < 4.78 is 11.5. The second kappa shape index (κ2) is 7.71. The van der Waals surface area contributed by atoms with E-state index in [0.717, 1.165) is 10.8 Å². The fourth-order valence-electron chi connectivity index (χ4n) is 3.39. The number of fused-ring (bicyclic) bond motifs is 2. The highest BCUT2D eigenvalue weighted by molar-refractivity contribution is 6.15. The molecule has 0 saturated heterocycles. The van der Waals surface area contributed by atoms with Gasteiger partial charge in [0, 0.05) is 11.8 Å². The number of rotatable bonds is 4. The average molecular weight is 404 g/mol. The van der Waals surface area contributed by atoms with E-state index in [1.807, 2.05) is 57.2 Å². The zero-order valence-electron chi connectivity index (χ0n) is 17.2. The van der Waals surface area contributed by atoms with Crippen molar-refractivity contribution in [2.45, 2.75) is 20.8 Å². The molecule has 3 aromatic carbocycles. The number of benzene rings is 3. The third-order valence-electron chi connectivity index (χ3n) is 5.11. The quantitative estimate of drug-likeness (QED) is 0.652. The molecule has 6 nitrogen and oxygen atoms in total. The Labute approximate surface area is 175 Å². The fraction of sp³-hybridized carbons (Fsp3) is 0.250. The van der Waals surface area contributed by atoms with Crippen LogP contribution in [-0.4, -0.2) is 25.0 Å². The Hall–Kier alpha value is -3.54. The molecule has 0 spiro atoms. The molecule has 154 valence electrons. The molecule has 0 aromatic heterocycles. The van der Waals surface area contributed by atoms with E-state index in [9.17, 15) is 9.59 Å². The molecule has 1 aliphatic rings. The van der Waals surface area contributed by atoms with Crippen molar-refractivity contribution >= 4 is 34.0 Å². The average Bonchev–Trinajstić information content (AvgIpc) is 2.84. The molecule has 30 heavy (non-hydrogen) atoms. The standard InChI is InChI=1S/C24H24N2O4/c1-4-29-19-12-9-15-7-5-6-8-17(15)21(19)22(27)25-16-10-11-18-20(13-16)30-14-24(2,3)23(28)26-18/h5-13H,4,14H2,1-3H3,(H,25,27)(H,26,28). The molecule has 0 atom stereocenters. The summed E-state index contributed by atoms with van der Waals surface area (Å²) in [6, 6.07) is 16.7. The third-order valence-corrected chi connectivity index (χ3v) is 5.11. The topological polar surface area (TPSA) is 76.7 Å². The minimum absolute atomic E-state index is 0.102. The molecule has 6 heteroatoms. The Morgan fingerprint density at radius 2 is 1.97 bits per heavy atom. The van der Waals surface area contributed by atoms with Gasteiger partial charge in [0.05, 0.1) is 23.3 Å². The van der Waals surface area contributed by atoms with Crippen LogP contribution in [0.4, 0.5) is 11.4 Å². The Balaban J connectivity index is 1.67. The molecule has 1 heterocycles. The molecule has 1 aliphatic heterocycles. The van der Waals surface area contributed by atoms with Crippen LogP contribution in [0.3, 0.4) is 0 Å². The monoisotopic (exact) mass is 404 g/mol. The summed E-state index contributed by atoms with van der Waals surface area (Å²) in [5, 5.41) is 7.60. The first kappa shape index (κ1) is 19.8. The molecule has 0 fully saturated rings. The predicted molar refractivity (Wildman–Crippen MR) is 117 cm³/mol. The van der Waals surface area contributed by atoms with Gasteiger partial charge in [-0.15, -0.1) is 0 Å². The zero-order chi connectivity index (χ0) is 21.3. The molecule has 0 radical (unpaired) electrons. The molecule has 0 aliphatic carbocycles. The molecule has 0 saturated carbocycles. The van der Waals surface area contributed by atoms with Crippen molar-refractivity contribution < 1.29 is 19.1 Å². The maximum atomic E-state index is 13.2. The molecule has 0 bridgehead atoms. The summed E-state index contributed by atoms with van der Waals surface area (Å²) >= 11 is 0. The van der Waals surface area contributed by atoms with Gasteiger partial charge in [-0.2, -0.15) is 0 Å². The lowest BCUT2D eigenvalue weighted by molar-refractivity contribution is -0.124. The lowest BCUT2D eigenvalue weighted by atomic mass is 9.94. The Morgan fingerprint density at radius 3 is 2.77 bits per heavy atom. The zero-order valence-corrected chi connectivity index (χ0v) is 17.2. The van der Waals surface area contributed by atoms with Gasteiger partial charge < -0.3 is 20.1 Å². The van der Waals surface area contributed by atoms with Gasteiger partial charge in [0.25, 0.3) is 5.91 Å². The van der Waals surface area contributed by atoms with Crippen molar-refractivity contribution in [2.75, 3.05) is 23.8 Å². The summed E-state index contributed by atoms with van der Waals surface area (Å²) in [4.78, 5) is 25.5. The second-order valence-electron chi connectivity index (χ2n) is 7.88. The minimum Gasteiger partial charge on any atom is -0.493 e. The predicted octanol–water partition coefficient (Wildman–Crippen LogP) is 4.85. The lowest BCUT2D eigenvalue weighted by Crippen LogP contribution is -2.33. The van der Waals surface area contributed by atoms with E-state index in [1.54, 1.807) is 18.2 Å². The van der Waals surface area contributed by atoms with Gasteiger partial charge in [-0.3, -0.25) is 9.59 Å². The number of ether oxygens (including phenoxy) is 2. The highest BCUT2D eigenvalue weighted by Gasteiger charge is 2.32. The van der Waals surface area contributed by atoms with Crippen LogP contribution in [0.2, 0.25) is 0 Å². The summed E-state index contributed by atoms with van der Waals surface area (Å²) in [6.45, 7) is 6.25. The van der Waals surface area contributed by atoms with Crippen LogP contribution >= 0.6 is 0 Å². The molecule has 2 N–H and O–H groups in total. The maximum absolute atomic E-state index is 13.2. The van der Waals surface area contributed by atoms with E-state index in [4.69, 9.17) is 9.47 Å². The lowest BCUT2D eigenvalue weighted by Gasteiger charge is -2.18. The number of anilines is 2. The summed E-state index contributed by atoms with van der Waals surface area (Å²) in [5.41, 5.74) is 1.00. The Morgan fingerprint density at radius 1 is 1.17 bits per heavy atom. The van der Waals surface area contributed by atoms with Crippen LogP contribution in [0.1, 0.15) is 31.1 Å². The van der Waals surface area contributed by atoms with E-state index in [1.165, 1.54) is 0 Å². The number of nitrogens with one attached hydrogen (secondary N) is 2. The normalized spacial score (nSPS) is 14.8. The maximum Gasteiger partial charge on any atom is 0.260 e. The van der Waals surface area contributed by atoms with Crippen LogP contribution < -0.4 is 20.1 Å². The number of hydrogen-bond acceptors (Lipinski definition) is 4. The third kappa shape index (κ3) is 3.68. The van der Waals surface area contributed by atoms with E-state index >= 15 is 0 Å². The summed E-state index contributed by atoms with van der Waals surface area (Å²) in [5.74, 6) is 0.687. The number of amides is 2. The van der Waals surface area contributed by atoms with E-state index in [0.29, 0.717) is 35.0 Å². The first-order valence-electron chi connectivity index (χ1n) is 9.93. The molecule has 3 aromatic rings. The highest BCUT2D eigenvalue weighted by Crippen LogP contribution is 2.35. The number of hydrogen-bond donors (Lipinski definition) is 2. The van der Waals surface area contributed by atoms with E-state index in [2.05, 4.69) is 10.6 Å². The van der Waals surface area contributed by atoms with Crippen molar-refractivity contribution in [1.29, 1.82) is 0 Å². The summed E-state index contributed by atoms with van der Waals surface area (Å²) in [7, 11) is 0. The van der Waals surface area contributed by atoms with Gasteiger partial charge in [0.2, 0.25) is 5.91 Å². The SMILES string of the molecule is CCOc1ccc2ccccc2c1C(=O)Nc1ccc2c(c1)OCC(C)(C)C(=O)N2. The molecule has 2 amide bonds. The smallest absolute Gasteiger partial charge is 0.260 e. The Bertz CT molecular complexity index is 1140. The van der Waals surface area contributed by atoms with Gasteiger partial charge >= 0.3 is 0 Å². The van der Waals surface area contributed by atoms with Gasteiger partial charge in [0.15, 0.2) is 0 Å². The molecule has 0 unspecified atom stereocenters. The van der Waals surface area contributed by atoms with Crippen molar-refractivity contribution in [3.63, 3.8) is 0 Å². The van der Waals surface area contributed by atoms with Crippen LogP contribution in [0.15, 0.2) is 54.6 Å². The molecular formula is C24H24N2O4. The second-order valence-corrected chi connectivity index (χ2v) is 7.88. The van der Waals surface area contributed by atoms with Gasteiger partial charge in [-0.1, -0.05) is 30.3 Å². The van der Waals surface area contributed by atoms with Gasteiger partial charge in [-0.05, 0) is 49.7 Å². The van der Waals surface area contributed by atoms with Crippen molar-refractivity contribution in [1.82, 2.24) is 0 Å². The van der Waals surface area contributed by atoms with E-state index < -0.39 is 5.41 Å². The molecule has 4 rings (SSSR count). The summed E-state index contributed by atoms with van der Waals surface area (Å²) in [6.07, 6.45) is 0. The minimum atomic E-state index is -0.641. The highest BCUT2D eigenvalue weighted by atomic mass is 16.5. The first-order valence-corrected chi connectivity index (χ1v) is 9.93. The first-order chi connectivity index (χ1) is 14.4. The fourth-order valence-corrected chi connectivity index (χ4v) is 3.39. The van der Waals surface area contributed by atoms with Gasteiger partial charge in [-0.25, -0.2) is 0 Å². The van der Waals surface area contributed by atoms with Crippen LogP contribution in [0.25, 0.3) is 10.8 Å². The van der Waals surface area contributed by atoms with Crippen molar-refractivity contribution in [3.8, 4) is 11.5 Å². The van der Waals surface area contributed by atoms with Crippen molar-refractivity contribution in [2.24, 2.45) is 5.41 Å². The molecular weight excluding hydrogens is 380 g/mol. The van der Waals surface area contributed by atoms with Crippen molar-refractivity contribution in [3.05, 3.63) is 60.2 Å². The number of carbonyl (C=O) groups is 2. The number of carbonyl (C=O) groups excluding carboxylic acids is 2. The van der Waals surface area contributed by atoms with Crippen LogP contribution in [0, 0.1) is 5.41 Å².